The number of phenols is 1. The highest BCUT2D eigenvalue weighted by Gasteiger charge is 2.16. The minimum atomic E-state index is 0. The van der Waals surface area contributed by atoms with Crippen molar-refractivity contribution in [2.45, 2.75) is 12.8 Å². The molecule has 0 aliphatic carbocycles. The smallest absolute Gasteiger partial charge is 0.172 e. The van der Waals surface area contributed by atoms with E-state index >= 15 is 0 Å². The Hall–Kier alpha value is -2.00. The number of aryl methyl sites for hydroxylation is 1. The number of rotatable bonds is 2. The van der Waals surface area contributed by atoms with Gasteiger partial charge in [0.25, 0.3) is 0 Å². The highest BCUT2D eigenvalue weighted by Crippen LogP contribution is 2.35. The molecular formula is C16H17ClN2O. The number of H-pyrrole nitrogens is 1. The van der Waals surface area contributed by atoms with Gasteiger partial charge in [-0.3, -0.25) is 0 Å². The van der Waals surface area contributed by atoms with Crippen molar-refractivity contribution in [3.8, 4) is 5.75 Å². The van der Waals surface area contributed by atoms with Gasteiger partial charge in [0.1, 0.15) is 12.8 Å². The fourth-order valence-electron chi connectivity index (χ4n) is 2.53. The number of fused-ring (bicyclic) bond motifs is 1. The summed E-state index contributed by atoms with van der Waals surface area (Å²) in [6.45, 7) is 2.11. The van der Waals surface area contributed by atoms with Gasteiger partial charge >= 0.3 is 0 Å². The predicted molar refractivity (Wildman–Crippen MR) is 75.1 cm³/mol. The second-order valence-corrected chi connectivity index (χ2v) is 4.97. The maximum Gasteiger partial charge on any atom is 0.172 e. The number of nitrogens with zero attached hydrogens (tertiary/aromatic N) is 1. The van der Waals surface area contributed by atoms with Gasteiger partial charge in [-0.25, -0.2) is 4.57 Å². The lowest BCUT2D eigenvalue weighted by Crippen LogP contribution is -3.00. The van der Waals surface area contributed by atoms with Gasteiger partial charge in [-0.15, -0.1) is 0 Å². The SMILES string of the molecule is CC(c1ccc[n+](C)c1)c1ccc2[nH]ccc2c1O.[Cl-]. The first-order valence-corrected chi connectivity index (χ1v) is 6.41. The summed E-state index contributed by atoms with van der Waals surface area (Å²) in [6, 6.07) is 10.0. The van der Waals surface area contributed by atoms with E-state index in [2.05, 4.69) is 24.2 Å². The third-order valence-corrected chi connectivity index (χ3v) is 3.67. The molecule has 0 radical (unpaired) electrons. The van der Waals surface area contributed by atoms with Crippen molar-refractivity contribution in [3.05, 3.63) is 60.0 Å². The molecule has 1 aromatic carbocycles. The van der Waals surface area contributed by atoms with E-state index in [1.54, 1.807) is 0 Å². The number of nitrogens with one attached hydrogen (secondary N) is 1. The van der Waals surface area contributed by atoms with Crippen LogP contribution in [0.1, 0.15) is 24.0 Å². The average Bonchev–Trinajstić information content (AvgIpc) is 2.88. The van der Waals surface area contributed by atoms with Crippen LogP contribution in [-0.2, 0) is 7.05 Å². The molecule has 20 heavy (non-hydrogen) atoms. The molecule has 0 saturated heterocycles. The minimum absolute atomic E-state index is 0. The highest BCUT2D eigenvalue weighted by atomic mass is 35.5. The summed E-state index contributed by atoms with van der Waals surface area (Å²) in [5.74, 6) is 0.532. The minimum Gasteiger partial charge on any atom is -1.00 e. The van der Waals surface area contributed by atoms with Crippen molar-refractivity contribution in [1.82, 2.24) is 4.98 Å². The van der Waals surface area contributed by atoms with Gasteiger partial charge in [0.15, 0.2) is 12.4 Å². The summed E-state index contributed by atoms with van der Waals surface area (Å²) < 4.78 is 2.03. The highest BCUT2D eigenvalue weighted by molar-refractivity contribution is 5.87. The molecule has 4 heteroatoms. The van der Waals surface area contributed by atoms with Crippen LogP contribution in [0.15, 0.2) is 48.9 Å². The van der Waals surface area contributed by atoms with Crippen LogP contribution in [-0.4, -0.2) is 10.1 Å². The molecule has 2 N–H and O–H groups in total. The summed E-state index contributed by atoms with van der Waals surface area (Å²) in [6.07, 6.45) is 5.94. The largest absolute Gasteiger partial charge is 1.00 e. The third kappa shape index (κ3) is 2.37. The van der Waals surface area contributed by atoms with E-state index in [0.717, 1.165) is 16.5 Å². The number of hydrogen-bond donors (Lipinski definition) is 2. The van der Waals surface area contributed by atoms with E-state index in [1.165, 1.54) is 5.56 Å². The number of aromatic amines is 1. The second-order valence-electron chi connectivity index (χ2n) is 4.97. The number of halogens is 1. The van der Waals surface area contributed by atoms with Gasteiger partial charge in [0, 0.05) is 40.2 Å². The number of phenolic OH excluding ortho intramolecular Hbond substituents is 1. The van der Waals surface area contributed by atoms with Crippen molar-refractivity contribution in [2.75, 3.05) is 0 Å². The Bertz CT molecular complexity index is 736. The van der Waals surface area contributed by atoms with Gasteiger partial charge < -0.3 is 22.5 Å². The number of hydrogen-bond acceptors (Lipinski definition) is 1. The quantitative estimate of drug-likeness (QED) is 0.633. The Labute approximate surface area is 124 Å². The predicted octanol–water partition coefficient (Wildman–Crippen LogP) is -0.146. The molecule has 1 atom stereocenters. The van der Waals surface area contributed by atoms with Gasteiger partial charge in [0.05, 0.1) is 0 Å². The van der Waals surface area contributed by atoms with Crippen LogP contribution < -0.4 is 17.0 Å². The Kier molecular flexibility index (Phi) is 4.00. The van der Waals surface area contributed by atoms with Gasteiger partial charge in [0.2, 0.25) is 0 Å². The van der Waals surface area contributed by atoms with Crippen molar-refractivity contribution >= 4 is 10.9 Å². The Morgan fingerprint density at radius 1 is 1.20 bits per heavy atom. The summed E-state index contributed by atoms with van der Waals surface area (Å²) in [4.78, 5) is 3.11. The van der Waals surface area contributed by atoms with Crippen LogP contribution in [0.5, 0.6) is 5.75 Å². The summed E-state index contributed by atoms with van der Waals surface area (Å²) in [5, 5.41) is 11.3. The van der Waals surface area contributed by atoms with Crippen LogP contribution in [0.25, 0.3) is 10.9 Å². The van der Waals surface area contributed by atoms with E-state index in [0.29, 0.717) is 5.75 Å². The molecule has 2 heterocycles. The van der Waals surface area contributed by atoms with Gasteiger partial charge in [-0.1, -0.05) is 13.0 Å². The number of aromatic nitrogens is 2. The summed E-state index contributed by atoms with van der Waals surface area (Å²) in [7, 11) is 2.01. The molecule has 0 aliphatic heterocycles. The third-order valence-electron chi connectivity index (χ3n) is 3.67. The molecule has 0 amide bonds. The second kappa shape index (κ2) is 5.55. The van der Waals surface area contributed by atoms with E-state index in [9.17, 15) is 5.11 Å². The van der Waals surface area contributed by atoms with Gasteiger partial charge in [-0.2, -0.15) is 0 Å². The number of aromatic hydroxyl groups is 1. The molecule has 0 fully saturated rings. The van der Waals surface area contributed by atoms with Crippen LogP contribution in [0.4, 0.5) is 0 Å². The Morgan fingerprint density at radius 3 is 2.75 bits per heavy atom. The maximum absolute atomic E-state index is 10.4. The van der Waals surface area contributed by atoms with Crippen LogP contribution in [0.2, 0.25) is 0 Å². The molecule has 0 bridgehead atoms. The molecule has 2 aromatic heterocycles. The standard InChI is InChI=1S/C16H16N2O.ClH/c1-11(12-4-3-9-18(2)10-12)13-5-6-15-14(16(13)19)7-8-17-15;/h3-11,17H,1-2H3;1H. The lowest BCUT2D eigenvalue weighted by molar-refractivity contribution is -0.672. The van der Waals surface area contributed by atoms with E-state index in [-0.39, 0.29) is 18.3 Å². The molecule has 0 aliphatic rings. The Balaban J connectivity index is 0.00000147. The molecule has 3 rings (SSSR count). The zero-order valence-electron chi connectivity index (χ0n) is 11.5. The maximum atomic E-state index is 10.4. The van der Waals surface area contributed by atoms with Crippen molar-refractivity contribution < 1.29 is 22.1 Å². The Morgan fingerprint density at radius 2 is 2.00 bits per heavy atom. The number of pyridine rings is 1. The molecule has 0 spiro atoms. The van der Waals surface area contributed by atoms with E-state index < -0.39 is 0 Å². The molecule has 3 nitrogen and oxygen atoms in total. The lowest BCUT2D eigenvalue weighted by atomic mass is 9.92. The fraction of sp³-hybridized carbons (Fsp3) is 0.188. The molecular weight excluding hydrogens is 272 g/mol. The first-order valence-electron chi connectivity index (χ1n) is 6.41. The molecule has 104 valence electrons. The summed E-state index contributed by atoms with van der Waals surface area (Å²) >= 11 is 0. The van der Waals surface area contributed by atoms with Crippen molar-refractivity contribution in [1.29, 1.82) is 0 Å². The molecule has 1 unspecified atom stereocenters. The van der Waals surface area contributed by atoms with E-state index in [1.807, 2.05) is 48.3 Å². The lowest BCUT2D eigenvalue weighted by Gasteiger charge is -2.13. The first-order chi connectivity index (χ1) is 9.16. The van der Waals surface area contributed by atoms with Crippen LogP contribution >= 0.6 is 0 Å². The van der Waals surface area contributed by atoms with Crippen LogP contribution in [0, 0.1) is 0 Å². The topological polar surface area (TPSA) is 39.9 Å². The van der Waals surface area contributed by atoms with Crippen LogP contribution in [0.3, 0.4) is 0 Å². The van der Waals surface area contributed by atoms with E-state index in [4.69, 9.17) is 0 Å². The molecule has 0 saturated carbocycles. The first kappa shape index (κ1) is 14.4. The van der Waals surface area contributed by atoms with Crippen molar-refractivity contribution in [3.63, 3.8) is 0 Å². The monoisotopic (exact) mass is 288 g/mol. The normalized spacial score (nSPS) is 12.1. The van der Waals surface area contributed by atoms with Gasteiger partial charge in [-0.05, 0) is 18.2 Å². The zero-order valence-corrected chi connectivity index (χ0v) is 12.2. The average molecular weight is 289 g/mol. The fourth-order valence-corrected chi connectivity index (χ4v) is 2.53. The number of benzene rings is 1. The summed E-state index contributed by atoms with van der Waals surface area (Å²) in [5.41, 5.74) is 3.11. The van der Waals surface area contributed by atoms with Crippen molar-refractivity contribution in [2.24, 2.45) is 7.05 Å². The molecule has 3 aromatic rings. The zero-order chi connectivity index (χ0) is 13.4.